The van der Waals surface area contributed by atoms with Gasteiger partial charge in [0.15, 0.2) is 0 Å². The van der Waals surface area contributed by atoms with Gasteiger partial charge in [-0.25, -0.2) is 0 Å². The average molecular weight is 355 g/mol. The Balaban J connectivity index is 2.14. The van der Waals surface area contributed by atoms with Crippen LogP contribution >= 0.6 is 15.9 Å². The summed E-state index contributed by atoms with van der Waals surface area (Å²) in [6.07, 6.45) is 4.83. The SMILES string of the molecule is CC(C)(C(=O)O)C1CCCN(C(=O)c2cncc(Br)c2)C1. The molecule has 1 aliphatic heterocycles. The number of hydrogen-bond donors (Lipinski definition) is 1. The molecule has 1 aliphatic rings. The number of hydrogen-bond acceptors (Lipinski definition) is 3. The molecule has 1 N–H and O–H groups in total. The Labute approximate surface area is 132 Å². The van der Waals surface area contributed by atoms with Crippen LogP contribution in [0.2, 0.25) is 0 Å². The number of amides is 1. The van der Waals surface area contributed by atoms with Crippen LogP contribution < -0.4 is 0 Å². The Bertz CT molecular complexity index is 560. The molecule has 0 bridgehead atoms. The van der Waals surface area contributed by atoms with Gasteiger partial charge in [-0.05, 0) is 54.6 Å². The molecule has 1 fully saturated rings. The lowest BCUT2D eigenvalue weighted by Gasteiger charge is -2.39. The molecular formula is C15H19BrN2O3. The van der Waals surface area contributed by atoms with Gasteiger partial charge in [0.25, 0.3) is 5.91 Å². The molecule has 5 nitrogen and oxygen atoms in total. The summed E-state index contributed by atoms with van der Waals surface area (Å²) < 4.78 is 0.757. The highest BCUT2D eigenvalue weighted by Gasteiger charge is 2.40. The zero-order valence-corrected chi connectivity index (χ0v) is 13.8. The zero-order chi connectivity index (χ0) is 15.6. The molecule has 0 spiro atoms. The second-order valence-electron chi connectivity index (χ2n) is 6.01. The van der Waals surface area contributed by atoms with Gasteiger partial charge in [0.2, 0.25) is 0 Å². The first kappa shape index (κ1) is 15.9. The largest absolute Gasteiger partial charge is 0.481 e. The first-order chi connectivity index (χ1) is 9.82. The highest BCUT2D eigenvalue weighted by Crippen LogP contribution is 2.34. The van der Waals surface area contributed by atoms with Crippen molar-refractivity contribution in [3.05, 3.63) is 28.5 Å². The Morgan fingerprint density at radius 2 is 2.14 bits per heavy atom. The number of likely N-dealkylation sites (tertiary alicyclic amines) is 1. The number of carboxylic acids is 1. The maximum Gasteiger partial charge on any atom is 0.309 e. The maximum atomic E-state index is 12.5. The second-order valence-corrected chi connectivity index (χ2v) is 6.92. The van der Waals surface area contributed by atoms with Gasteiger partial charge < -0.3 is 10.0 Å². The summed E-state index contributed by atoms with van der Waals surface area (Å²) in [6, 6.07) is 1.74. The van der Waals surface area contributed by atoms with Crippen molar-refractivity contribution in [2.45, 2.75) is 26.7 Å². The van der Waals surface area contributed by atoms with E-state index in [1.165, 1.54) is 0 Å². The number of rotatable bonds is 3. The van der Waals surface area contributed by atoms with Crippen LogP contribution in [0, 0.1) is 11.3 Å². The van der Waals surface area contributed by atoms with Gasteiger partial charge in [0, 0.05) is 30.0 Å². The molecule has 1 aromatic rings. The van der Waals surface area contributed by atoms with Crippen LogP contribution in [-0.2, 0) is 4.79 Å². The van der Waals surface area contributed by atoms with E-state index in [4.69, 9.17) is 0 Å². The highest BCUT2D eigenvalue weighted by atomic mass is 79.9. The minimum absolute atomic E-state index is 0.0344. The van der Waals surface area contributed by atoms with Gasteiger partial charge in [-0.1, -0.05) is 0 Å². The van der Waals surface area contributed by atoms with E-state index in [1.807, 2.05) is 0 Å². The van der Waals surface area contributed by atoms with Gasteiger partial charge >= 0.3 is 5.97 Å². The van der Waals surface area contributed by atoms with Crippen LogP contribution in [0.5, 0.6) is 0 Å². The number of pyridine rings is 1. The fraction of sp³-hybridized carbons (Fsp3) is 0.533. The number of halogens is 1. The summed E-state index contributed by atoms with van der Waals surface area (Å²) >= 11 is 3.31. The lowest BCUT2D eigenvalue weighted by atomic mass is 9.74. The minimum Gasteiger partial charge on any atom is -0.481 e. The van der Waals surface area contributed by atoms with Crippen molar-refractivity contribution in [2.75, 3.05) is 13.1 Å². The number of carboxylic acid groups (broad SMARTS) is 1. The van der Waals surface area contributed by atoms with Crippen LogP contribution in [0.15, 0.2) is 22.9 Å². The van der Waals surface area contributed by atoms with E-state index in [-0.39, 0.29) is 11.8 Å². The molecule has 1 aromatic heterocycles. The standard InChI is InChI=1S/C15H19BrN2O3/c1-15(2,14(20)21)11-4-3-5-18(9-11)13(19)10-6-12(16)8-17-7-10/h6-8,11H,3-5,9H2,1-2H3,(H,20,21). The van der Waals surface area contributed by atoms with Gasteiger partial charge in [0.05, 0.1) is 11.0 Å². The number of carbonyl (C=O) groups is 2. The van der Waals surface area contributed by atoms with Gasteiger partial charge in [-0.3, -0.25) is 14.6 Å². The van der Waals surface area contributed by atoms with Crippen molar-refractivity contribution in [1.82, 2.24) is 9.88 Å². The van der Waals surface area contributed by atoms with E-state index < -0.39 is 11.4 Å². The Morgan fingerprint density at radius 1 is 1.43 bits per heavy atom. The molecule has 0 aromatic carbocycles. The molecular weight excluding hydrogens is 336 g/mol. The van der Waals surface area contributed by atoms with Crippen LogP contribution in [0.3, 0.4) is 0 Å². The number of carbonyl (C=O) groups excluding carboxylic acids is 1. The van der Waals surface area contributed by atoms with Crippen LogP contribution in [-0.4, -0.2) is 40.0 Å². The third-order valence-corrected chi connectivity index (χ3v) is 4.67. The van der Waals surface area contributed by atoms with E-state index >= 15 is 0 Å². The number of aliphatic carboxylic acids is 1. The molecule has 6 heteroatoms. The van der Waals surface area contributed by atoms with Crippen molar-refractivity contribution in [3.8, 4) is 0 Å². The van der Waals surface area contributed by atoms with E-state index in [9.17, 15) is 14.7 Å². The third kappa shape index (κ3) is 3.43. The number of piperidine rings is 1. The summed E-state index contributed by atoms with van der Waals surface area (Å²) in [5, 5.41) is 9.35. The van der Waals surface area contributed by atoms with Crippen LogP contribution in [0.25, 0.3) is 0 Å². The number of nitrogens with zero attached hydrogens (tertiary/aromatic N) is 2. The fourth-order valence-corrected chi connectivity index (χ4v) is 3.00. The van der Waals surface area contributed by atoms with Crippen molar-refractivity contribution in [1.29, 1.82) is 0 Å². The maximum absolute atomic E-state index is 12.5. The third-order valence-electron chi connectivity index (χ3n) is 4.23. The second kappa shape index (κ2) is 6.13. The molecule has 1 saturated heterocycles. The highest BCUT2D eigenvalue weighted by molar-refractivity contribution is 9.10. The molecule has 21 heavy (non-hydrogen) atoms. The minimum atomic E-state index is -0.825. The molecule has 0 aliphatic carbocycles. The summed E-state index contributed by atoms with van der Waals surface area (Å²) in [5.74, 6) is -0.937. The Hall–Kier alpha value is -1.43. The van der Waals surface area contributed by atoms with Gasteiger partial charge in [-0.2, -0.15) is 0 Å². The molecule has 0 radical (unpaired) electrons. The molecule has 2 rings (SSSR count). The van der Waals surface area contributed by atoms with Crippen molar-refractivity contribution in [2.24, 2.45) is 11.3 Å². The van der Waals surface area contributed by atoms with E-state index in [0.717, 1.165) is 17.3 Å². The van der Waals surface area contributed by atoms with Crippen LogP contribution in [0.1, 0.15) is 37.0 Å². The Morgan fingerprint density at radius 3 is 2.76 bits per heavy atom. The zero-order valence-electron chi connectivity index (χ0n) is 12.2. The van der Waals surface area contributed by atoms with Gasteiger partial charge in [0.1, 0.15) is 0 Å². The normalized spacial score (nSPS) is 19.4. The molecule has 1 unspecified atom stereocenters. The van der Waals surface area contributed by atoms with Crippen LogP contribution in [0.4, 0.5) is 0 Å². The Kier molecular flexibility index (Phi) is 4.66. The predicted molar refractivity (Wildman–Crippen MR) is 82.0 cm³/mol. The van der Waals surface area contributed by atoms with E-state index in [1.54, 1.807) is 37.2 Å². The summed E-state index contributed by atoms with van der Waals surface area (Å²) in [5.41, 5.74) is -0.299. The molecule has 2 heterocycles. The van der Waals surface area contributed by atoms with E-state index in [2.05, 4.69) is 20.9 Å². The average Bonchev–Trinajstić information content (AvgIpc) is 2.46. The van der Waals surface area contributed by atoms with E-state index in [0.29, 0.717) is 18.7 Å². The molecule has 1 atom stereocenters. The van der Waals surface area contributed by atoms with Gasteiger partial charge in [-0.15, -0.1) is 0 Å². The monoisotopic (exact) mass is 354 g/mol. The van der Waals surface area contributed by atoms with Crippen molar-refractivity contribution in [3.63, 3.8) is 0 Å². The molecule has 0 saturated carbocycles. The summed E-state index contributed by atoms with van der Waals surface area (Å²) in [6.45, 7) is 4.60. The lowest BCUT2D eigenvalue weighted by molar-refractivity contribution is -0.151. The first-order valence-corrected chi connectivity index (χ1v) is 7.75. The quantitative estimate of drug-likeness (QED) is 0.905. The lowest BCUT2D eigenvalue weighted by Crippen LogP contribution is -2.46. The number of aromatic nitrogens is 1. The summed E-state index contributed by atoms with van der Waals surface area (Å²) in [7, 11) is 0. The smallest absolute Gasteiger partial charge is 0.309 e. The molecule has 1 amide bonds. The predicted octanol–water partition coefficient (Wildman–Crippen LogP) is 2.81. The summed E-state index contributed by atoms with van der Waals surface area (Å²) in [4.78, 5) is 29.6. The fourth-order valence-electron chi connectivity index (χ4n) is 2.64. The van der Waals surface area contributed by atoms with Crippen molar-refractivity contribution < 1.29 is 14.7 Å². The van der Waals surface area contributed by atoms with Crippen molar-refractivity contribution >= 4 is 27.8 Å². The first-order valence-electron chi connectivity index (χ1n) is 6.95. The molecule has 114 valence electrons. The topological polar surface area (TPSA) is 70.5 Å².